The Balaban J connectivity index is 1.29. The molecule has 214 valence electrons. The summed E-state index contributed by atoms with van der Waals surface area (Å²) in [7, 11) is 2.15. The van der Waals surface area contributed by atoms with Crippen molar-refractivity contribution in [3.05, 3.63) is 78.2 Å². The van der Waals surface area contributed by atoms with Gasteiger partial charge in [-0.15, -0.1) is 0 Å². The predicted octanol–water partition coefficient (Wildman–Crippen LogP) is 4.36. The molecule has 0 radical (unpaired) electrons. The normalized spacial score (nSPS) is 20.0. The van der Waals surface area contributed by atoms with Gasteiger partial charge >= 0.3 is 6.01 Å². The lowest BCUT2D eigenvalue weighted by Gasteiger charge is -2.36. The molecule has 41 heavy (non-hydrogen) atoms. The molecule has 0 spiro atoms. The van der Waals surface area contributed by atoms with Crippen molar-refractivity contribution >= 4 is 28.2 Å². The number of anilines is 2. The number of amides is 1. The van der Waals surface area contributed by atoms with Crippen molar-refractivity contribution in [2.75, 3.05) is 62.7 Å². The maximum absolute atomic E-state index is 12.2. The SMILES string of the molecule is C=CC(=O)N1CCN(c2nc(O/C=C/C3CCCN3C)nc3c2CCN(c2cccc4cccc(C)c24)CC3)CC1. The van der Waals surface area contributed by atoms with Crippen LogP contribution < -0.4 is 14.5 Å². The first kappa shape index (κ1) is 27.3. The van der Waals surface area contributed by atoms with Crippen molar-refractivity contribution in [3.8, 4) is 6.01 Å². The van der Waals surface area contributed by atoms with E-state index in [0.29, 0.717) is 25.1 Å². The molecule has 3 aromatic rings. The molecule has 4 heterocycles. The van der Waals surface area contributed by atoms with Crippen molar-refractivity contribution in [2.24, 2.45) is 0 Å². The molecule has 3 aliphatic heterocycles. The van der Waals surface area contributed by atoms with E-state index >= 15 is 0 Å². The first-order valence-electron chi connectivity index (χ1n) is 14.8. The largest absolute Gasteiger partial charge is 0.432 e. The van der Waals surface area contributed by atoms with Gasteiger partial charge in [0.2, 0.25) is 5.91 Å². The highest BCUT2D eigenvalue weighted by Gasteiger charge is 2.28. The average Bonchev–Trinajstić information content (AvgIpc) is 3.28. The fourth-order valence-corrected chi connectivity index (χ4v) is 6.52. The minimum atomic E-state index is -0.0155. The molecule has 0 saturated carbocycles. The van der Waals surface area contributed by atoms with Crippen molar-refractivity contribution in [3.63, 3.8) is 0 Å². The number of aromatic nitrogens is 2. The predicted molar refractivity (Wildman–Crippen MR) is 165 cm³/mol. The minimum absolute atomic E-state index is 0.0155. The number of hydrogen-bond donors (Lipinski definition) is 0. The number of ether oxygens (including phenoxy) is 1. The van der Waals surface area contributed by atoms with E-state index in [2.05, 4.69) is 77.7 Å². The summed E-state index contributed by atoms with van der Waals surface area (Å²) in [5.41, 5.74) is 4.82. The molecule has 3 aliphatic rings. The molecule has 6 rings (SSSR count). The Kier molecular flexibility index (Phi) is 7.92. The van der Waals surface area contributed by atoms with Crippen LogP contribution in [-0.4, -0.2) is 84.6 Å². The number of likely N-dealkylation sites (N-methyl/N-ethyl adjacent to an activating group) is 1. The van der Waals surface area contributed by atoms with Crippen LogP contribution in [0.5, 0.6) is 6.01 Å². The highest BCUT2D eigenvalue weighted by atomic mass is 16.5. The lowest BCUT2D eigenvalue weighted by molar-refractivity contribution is -0.126. The summed E-state index contributed by atoms with van der Waals surface area (Å²) in [6.07, 6.45) is 9.29. The third-order valence-corrected chi connectivity index (χ3v) is 8.85. The van der Waals surface area contributed by atoms with Gasteiger partial charge in [-0.05, 0) is 68.9 Å². The Morgan fingerprint density at radius 2 is 1.76 bits per heavy atom. The Bertz CT molecular complexity index is 1460. The summed E-state index contributed by atoms with van der Waals surface area (Å²) < 4.78 is 6.07. The van der Waals surface area contributed by atoms with Gasteiger partial charge in [-0.25, -0.2) is 0 Å². The summed E-state index contributed by atoms with van der Waals surface area (Å²) in [5, 5.41) is 2.59. The molecule has 1 aromatic heterocycles. The van der Waals surface area contributed by atoms with Crippen LogP contribution in [0.4, 0.5) is 11.5 Å². The number of nitrogens with zero attached hydrogens (tertiary/aromatic N) is 6. The number of carbonyl (C=O) groups is 1. The average molecular weight is 553 g/mol. The van der Waals surface area contributed by atoms with Crippen LogP contribution in [0.1, 0.15) is 29.7 Å². The van der Waals surface area contributed by atoms with E-state index in [1.54, 1.807) is 6.26 Å². The van der Waals surface area contributed by atoms with E-state index < -0.39 is 0 Å². The quantitative estimate of drug-likeness (QED) is 0.333. The van der Waals surface area contributed by atoms with E-state index in [4.69, 9.17) is 14.7 Å². The molecule has 1 unspecified atom stereocenters. The highest BCUT2D eigenvalue weighted by Crippen LogP contribution is 2.33. The van der Waals surface area contributed by atoms with Crippen molar-refractivity contribution in [2.45, 2.75) is 38.6 Å². The van der Waals surface area contributed by atoms with Gasteiger partial charge in [0.1, 0.15) is 5.82 Å². The van der Waals surface area contributed by atoms with E-state index in [9.17, 15) is 4.79 Å². The lowest BCUT2D eigenvalue weighted by Crippen LogP contribution is -2.49. The van der Waals surface area contributed by atoms with Crippen LogP contribution in [0.25, 0.3) is 10.8 Å². The van der Waals surface area contributed by atoms with Gasteiger partial charge in [0, 0.05) is 68.4 Å². The number of benzene rings is 2. The number of likely N-dealkylation sites (tertiary alicyclic amines) is 1. The van der Waals surface area contributed by atoms with E-state index in [1.807, 2.05) is 4.90 Å². The van der Waals surface area contributed by atoms with Crippen molar-refractivity contribution in [1.29, 1.82) is 0 Å². The second-order valence-corrected chi connectivity index (χ2v) is 11.3. The lowest BCUT2D eigenvalue weighted by atomic mass is 10.0. The summed E-state index contributed by atoms with van der Waals surface area (Å²) in [4.78, 5) is 31.1. The van der Waals surface area contributed by atoms with Crippen LogP contribution in [0.3, 0.4) is 0 Å². The summed E-state index contributed by atoms with van der Waals surface area (Å²) in [5.74, 6) is 0.927. The molecule has 2 saturated heterocycles. The zero-order valence-corrected chi connectivity index (χ0v) is 24.3. The van der Waals surface area contributed by atoms with Crippen LogP contribution in [0.2, 0.25) is 0 Å². The fraction of sp³-hybridized carbons (Fsp3) is 0.424. The molecule has 2 aromatic carbocycles. The summed E-state index contributed by atoms with van der Waals surface area (Å²) in [6.45, 7) is 11.5. The molecular formula is C33H40N6O2. The Hall–Kier alpha value is -3.91. The first-order chi connectivity index (χ1) is 20.0. The van der Waals surface area contributed by atoms with E-state index in [-0.39, 0.29) is 5.91 Å². The highest BCUT2D eigenvalue weighted by molar-refractivity contribution is 5.97. The third kappa shape index (κ3) is 5.66. The van der Waals surface area contributed by atoms with Gasteiger partial charge in [0.05, 0.1) is 12.0 Å². The molecule has 2 fully saturated rings. The Morgan fingerprint density at radius 1 is 0.976 bits per heavy atom. The van der Waals surface area contributed by atoms with Gasteiger partial charge in [0.25, 0.3) is 0 Å². The second kappa shape index (κ2) is 11.9. The summed E-state index contributed by atoms with van der Waals surface area (Å²) in [6, 6.07) is 13.9. The molecule has 1 amide bonds. The van der Waals surface area contributed by atoms with E-state index in [1.165, 1.54) is 40.1 Å². The number of fused-ring (bicyclic) bond motifs is 2. The van der Waals surface area contributed by atoms with Crippen LogP contribution in [0, 0.1) is 6.92 Å². The standard InChI is InChI=1S/C33H40N6O2/c1-4-30(40)38-19-21-39(22-20-38)32-27-13-17-37(29-12-6-10-25-9-5-8-24(2)31(25)29)18-14-28(27)34-33(35-32)41-23-15-26-11-7-16-36(26)3/h4-6,8-10,12,15,23,26H,1,7,11,13-14,16-22H2,2-3H3/b23-15+. The van der Waals surface area contributed by atoms with E-state index in [0.717, 1.165) is 63.5 Å². The zero-order valence-electron chi connectivity index (χ0n) is 24.3. The minimum Gasteiger partial charge on any atom is -0.432 e. The van der Waals surface area contributed by atoms with Gasteiger partial charge in [-0.3, -0.25) is 9.69 Å². The molecule has 8 heteroatoms. The van der Waals surface area contributed by atoms with Crippen LogP contribution in [0.15, 0.2) is 61.4 Å². The smallest absolute Gasteiger partial charge is 0.323 e. The van der Waals surface area contributed by atoms with Gasteiger partial charge < -0.3 is 19.4 Å². The van der Waals surface area contributed by atoms with Crippen LogP contribution >= 0.6 is 0 Å². The Labute approximate surface area is 242 Å². The molecule has 0 bridgehead atoms. The number of aryl methyl sites for hydroxylation is 1. The van der Waals surface area contributed by atoms with Gasteiger partial charge in [-0.1, -0.05) is 36.9 Å². The summed E-state index contributed by atoms with van der Waals surface area (Å²) >= 11 is 0. The molecule has 1 atom stereocenters. The maximum Gasteiger partial charge on any atom is 0.323 e. The molecular weight excluding hydrogens is 512 g/mol. The number of rotatable bonds is 6. The number of piperazine rings is 1. The van der Waals surface area contributed by atoms with Gasteiger partial charge in [0.15, 0.2) is 0 Å². The topological polar surface area (TPSA) is 65.0 Å². The monoisotopic (exact) mass is 552 g/mol. The van der Waals surface area contributed by atoms with Crippen molar-refractivity contribution < 1.29 is 9.53 Å². The second-order valence-electron chi connectivity index (χ2n) is 11.3. The fourth-order valence-electron chi connectivity index (χ4n) is 6.52. The van der Waals surface area contributed by atoms with Crippen LogP contribution in [-0.2, 0) is 17.6 Å². The number of hydrogen-bond acceptors (Lipinski definition) is 7. The molecule has 8 nitrogen and oxygen atoms in total. The maximum atomic E-state index is 12.2. The molecule has 0 N–H and O–H groups in total. The first-order valence-corrected chi connectivity index (χ1v) is 14.8. The zero-order chi connectivity index (χ0) is 28.3. The third-order valence-electron chi connectivity index (χ3n) is 8.85. The van der Waals surface area contributed by atoms with Crippen molar-refractivity contribution in [1.82, 2.24) is 19.8 Å². The van der Waals surface area contributed by atoms with Gasteiger partial charge in [-0.2, -0.15) is 9.97 Å². The number of carbonyl (C=O) groups excluding carboxylic acids is 1. The molecule has 0 aliphatic carbocycles. The Morgan fingerprint density at radius 3 is 2.51 bits per heavy atom.